The zero-order valence-electron chi connectivity index (χ0n) is 8.85. The van der Waals surface area contributed by atoms with Gasteiger partial charge >= 0.3 is 0 Å². The minimum absolute atomic E-state index is 0.266. The summed E-state index contributed by atoms with van der Waals surface area (Å²) in [5.41, 5.74) is 6.67. The van der Waals surface area contributed by atoms with Crippen LogP contribution in [0, 0.1) is 5.92 Å². The molecule has 1 atom stereocenters. The molecule has 2 nitrogen and oxygen atoms in total. The van der Waals surface area contributed by atoms with Crippen LogP contribution in [0.2, 0.25) is 0 Å². The van der Waals surface area contributed by atoms with Gasteiger partial charge in [-0.25, -0.2) is 0 Å². The molecule has 72 valence electrons. The lowest BCUT2D eigenvalue weighted by molar-refractivity contribution is 0.125. The van der Waals surface area contributed by atoms with E-state index in [1.54, 1.807) is 0 Å². The highest BCUT2D eigenvalue weighted by Gasteiger charge is 2.06. The Morgan fingerprint density at radius 2 is 1.83 bits per heavy atom. The van der Waals surface area contributed by atoms with E-state index in [0.29, 0.717) is 5.92 Å². The van der Waals surface area contributed by atoms with Gasteiger partial charge in [-0.1, -0.05) is 20.8 Å². The third-order valence-electron chi connectivity index (χ3n) is 1.98. The van der Waals surface area contributed by atoms with Crippen LogP contribution in [0.3, 0.4) is 0 Å². The van der Waals surface area contributed by atoms with Crippen molar-refractivity contribution >= 4 is 0 Å². The number of ether oxygens (including phenoxy) is 1. The Morgan fingerprint density at radius 3 is 2.17 bits per heavy atom. The number of hydrogen-bond acceptors (Lipinski definition) is 2. The quantitative estimate of drug-likeness (QED) is 0.660. The SMILES string of the molecule is CCC(C)O/C(C)=C(\N)C(C)C. The maximum Gasteiger partial charge on any atom is 0.112 e. The van der Waals surface area contributed by atoms with Gasteiger partial charge in [0.05, 0.1) is 6.10 Å². The first-order valence-corrected chi connectivity index (χ1v) is 4.61. The summed E-state index contributed by atoms with van der Waals surface area (Å²) < 4.78 is 5.58. The molecule has 0 heterocycles. The third kappa shape index (κ3) is 3.65. The van der Waals surface area contributed by atoms with Gasteiger partial charge in [0.1, 0.15) is 5.76 Å². The Morgan fingerprint density at radius 1 is 1.33 bits per heavy atom. The van der Waals surface area contributed by atoms with Gasteiger partial charge in [0, 0.05) is 5.70 Å². The predicted octanol–water partition coefficient (Wildman–Crippen LogP) is 2.65. The maximum atomic E-state index is 5.82. The van der Waals surface area contributed by atoms with Crippen LogP contribution in [0.1, 0.15) is 41.0 Å². The predicted molar refractivity (Wildman–Crippen MR) is 52.6 cm³/mol. The minimum atomic E-state index is 0.266. The van der Waals surface area contributed by atoms with Gasteiger partial charge in [0.25, 0.3) is 0 Å². The molecule has 0 bridgehead atoms. The van der Waals surface area contributed by atoms with Crippen LogP contribution in [-0.4, -0.2) is 6.10 Å². The maximum absolute atomic E-state index is 5.82. The molecule has 0 amide bonds. The second-order valence-electron chi connectivity index (χ2n) is 3.50. The zero-order chi connectivity index (χ0) is 9.72. The smallest absolute Gasteiger partial charge is 0.112 e. The second-order valence-corrected chi connectivity index (χ2v) is 3.50. The topological polar surface area (TPSA) is 35.2 Å². The summed E-state index contributed by atoms with van der Waals surface area (Å²) in [6.45, 7) is 10.2. The normalized spacial score (nSPS) is 15.8. The third-order valence-corrected chi connectivity index (χ3v) is 1.98. The van der Waals surface area contributed by atoms with Gasteiger partial charge in [-0.2, -0.15) is 0 Å². The van der Waals surface area contributed by atoms with E-state index in [1.807, 2.05) is 6.92 Å². The van der Waals surface area contributed by atoms with E-state index in [2.05, 4.69) is 27.7 Å². The standard InChI is InChI=1S/C10H21NO/c1-6-8(4)12-9(5)10(11)7(2)3/h7-8H,6,11H2,1-5H3/b10-9-. The van der Waals surface area contributed by atoms with Crippen molar-refractivity contribution in [3.63, 3.8) is 0 Å². The van der Waals surface area contributed by atoms with Gasteiger partial charge in [0.2, 0.25) is 0 Å². The summed E-state index contributed by atoms with van der Waals surface area (Å²) in [7, 11) is 0. The minimum Gasteiger partial charge on any atom is -0.494 e. The Hall–Kier alpha value is -0.660. The summed E-state index contributed by atoms with van der Waals surface area (Å²) in [5, 5.41) is 0. The van der Waals surface area contributed by atoms with E-state index in [0.717, 1.165) is 17.9 Å². The molecular weight excluding hydrogens is 150 g/mol. The van der Waals surface area contributed by atoms with Crippen LogP contribution < -0.4 is 5.73 Å². The highest BCUT2D eigenvalue weighted by Crippen LogP contribution is 2.12. The molecule has 2 heteroatoms. The summed E-state index contributed by atoms with van der Waals surface area (Å²) in [6, 6.07) is 0. The van der Waals surface area contributed by atoms with Crippen LogP contribution >= 0.6 is 0 Å². The van der Waals surface area contributed by atoms with Crippen molar-refractivity contribution in [2.45, 2.75) is 47.1 Å². The Balaban J connectivity index is 4.16. The van der Waals surface area contributed by atoms with Crippen molar-refractivity contribution in [1.29, 1.82) is 0 Å². The molecule has 2 N–H and O–H groups in total. The fourth-order valence-electron chi connectivity index (χ4n) is 0.860. The number of allylic oxidation sites excluding steroid dienone is 2. The Kier molecular flexibility index (Phi) is 4.79. The highest BCUT2D eigenvalue weighted by molar-refractivity contribution is 5.04. The summed E-state index contributed by atoms with van der Waals surface area (Å²) in [4.78, 5) is 0. The molecule has 0 radical (unpaired) electrons. The first-order valence-electron chi connectivity index (χ1n) is 4.61. The molecule has 0 aliphatic heterocycles. The number of nitrogens with two attached hydrogens (primary N) is 1. The first kappa shape index (κ1) is 11.3. The van der Waals surface area contributed by atoms with Crippen LogP contribution in [0.4, 0.5) is 0 Å². The first-order chi connectivity index (χ1) is 5.49. The lowest BCUT2D eigenvalue weighted by atomic mass is 10.1. The molecule has 0 saturated heterocycles. The van der Waals surface area contributed by atoms with Crippen LogP contribution in [0.15, 0.2) is 11.5 Å². The summed E-state index contributed by atoms with van der Waals surface area (Å²) in [5.74, 6) is 1.24. The molecule has 0 rings (SSSR count). The largest absolute Gasteiger partial charge is 0.494 e. The molecule has 12 heavy (non-hydrogen) atoms. The highest BCUT2D eigenvalue weighted by atomic mass is 16.5. The average molecular weight is 171 g/mol. The van der Waals surface area contributed by atoms with Crippen molar-refractivity contribution in [3.05, 3.63) is 11.5 Å². The van der Waals surface area contributed by atoms with Gasteiger partial charge < -0.3 is 10.5 Å². The van der Waals surface area contributed by atoms with Crippen LogP contribution in [0.25, 0.3) is 0 Å². The van der Waals surface area contributed by atoms with Gasteiger partial charge in [-0.3, -0.25) is 0 Å². The second kappa shape index (κ2) is 5.07. The lowest BCUT2D eigenvalue weighted by Crippen LogP contribution is -2.13. The van der Waals surface area contributed by atoms with E-state index < -0.39 is 0 Å². The summed E-state index contributed by atoms with van der Waals surface area (Å²) >= 11 is 0. The fraction of sp³-hybridized carbons (Fsp3) is 0.800. The van der Waals surface area contributed by atoms with E-state index in [4.69, 9.17) is 10.5 Å². The monoisotopic (exact) mass is 171 g/mol. The van der Waals surface area contributed by atoms with E-state index in [1.165, 1.54) is 0 Å². The average Bonchev–Trinajstić information content (AvgIpc) is 2.02. The van der Waals surface area contributed by atoms with Crippen molar-refractivity contribution < 1.29 is 4.74 Å². The molecule has 0 aromatic heterocycles. The van der Waals surface area contributed by atoms with Crippen LogP contribution in [0.5, 0.6) is 0 Å². The van der Waals surface area contributed by atoms with E-state index >= 15 is 0 Å². The van der Waals surface area contributed by atoms with Gasteiger partial charge in [0.15, 0.2) is 0 Å². The molecule has 0 saturated carbocycles. The molecule has 0 aliphatic rings. The summed E-state index contributed by atoms with van der Waals surface area (Å²) in [6.07, 6.45) is 1.28. The van der Waals surface area contributed by atoms with Gasteiger partial charge in [-0.05, 0) is 26.2 Å². The Bertz CT molecular complexity index is 161. The van der Waals surface area contributed by atoms with Gasteiger partial charge in [-0.15, -0.1) is 0 Å². The van der Waals surface area contributed by atoms with Crippen molar-refractivity contribution in [2.24, 2.45) is 11.7 Å². The molecule has 0 aromatic carbocycles. The molecule has 0 aromatic rings. The molecular formula is C10H21NO. The van der Waals surface area contributed by atoms with E-state index in [9.17, 15) is 0 Å². The van der Waals surface area contributed by atoms with Crippen molar-refractivity contribution in [3.8, 4) is 0 Å². The van der Waals surface area contributed by atoms with Crippen molar-refractivity contribution in [1.82, 2.24) is 0 Å². The molecule has 0 aliphatic carbocycles. The molecule has 0 fully saturated rings. The molecule has 1 unspecified atom stereocenters. The zero-order valence-corrected chi connectivity index (χ0v) is 8.85. The van der Waals surface area contributed by atoms with Crippen LogP contribution in [-0.2, 0) is 4.74 Å². The Labute approximate surface area is 75.8 Å². The number of rotatable bonds is 4. The fourth-order valence-corrected chi connectivity index (χ4v) is 0.860. The van der Waals surface area contributed by atoms with E-state index in [-0.39, 0.29) is 6.10 Å². The number of hydrogen-bond donors (Lipinski definition) is 1. The molecule has 0 spiro atoms. The van der Waals surface area contributed by atoms with Crippen molar-refractivity contribution in [2.75, 3.05) is 0 Å². The lowest BCUT2D eigenvalue weighted by Gasteiger charge is -2.16.